The van der Waals surface area contributed by atoms with Gasteiger partial charge in [-0.3, -0.25) is 4.79 Å². The number of benzene rings is 1. The molecule has 0 saturated heterocycles. The number of furan rings is 1. The van der Waals surface area contributed by atoms with Crippen molar-refractivity contribution in [3.05, 3.63) is 53.8 Å². The number of fused-ring (bicyclic) bond motifs is 1. The Bertz CT molecular complexity index is 1030. The van der Waals surface area contributed by atoms with Gasteiger partial charge in [0.1, 0.15) is 18.0 Å². The van der Waals surface area contributed by atoms with E-state index in [2.05, 4.69) is 4.98 Å². The Kier molecular flexibility index (Phi) is 5.34. The van der Waals surface area contributed by atoms with E-state index >= 15 is 0 Å². The molecule has 3 aromatic rings. The molecule has 0 atom stereocenters. The van der Waals surface area contributed by atoms with Crippen LogP contribution in [0.4, 0.5) is 13.2 Å². The highest BCUT2D eigenvalue weighted by molar-refractivity contribution is 6.05. The maximum atomic E-state index is 12.5. The van der Waals surface area contributed by atoms with Gasteiger partial charge < -0.3 is 14.5 Å². The molecule has 0 aliphatic rings. The number of rotatable bonds is 5. The first-order valence-corrected chi connectivity index (χ1v) is 8.20. The van der Waals surface area contributed by atoms with Crippen LogP contribution >= 0.6 is 0 Å². The summed E-state index contributed by atoms with van der Waals surface area (Å²) in [5.74, 6) is -0.799. The molecule has 0 aliphatic heterocycles. The molecule has 0 bridgehead atoms. The number of carbonyl (C=O) groups is 2. The lowest BCUT2D eigenvalue weighted by Crippen LogP contribution is -2.36. The minimum atomic E-state index is -4.54. The fraction of sp³-hybridized carbons (Fsp3) is 0.211. The van der Waals surface area contributed by atoms with Crippen molar-refractivity contribution in [3.8, 4) is 11.5 Å². The summed E-state index contributed by atoms with van der Waals surface area (Å²) in [7, 11) is 0. The second-order valence-corrected chi connectivity index (χ2v) is 5.95. The Morgan fingerprint density at radius 1 is 1.18 bits per heavy atom. The Balaban J connectivity index is 1.83. The molecule has 0 aliphatic carbocycles. The van der Waals surface area contributed by atoms with Crippen molar-refractivity contribution in [1.82, 2.24) is 10.3 Å². The number of nitrogens with one attached hydrogen (secondary N) is 1. The summed E-state index contributed by atoms with van der Waals surface area (Å²) in [6.45, 7) is -0.566. The lowest BCUT2D eigenvalue weighted by Gasteiger charge is -2.10. The zero-order valence-corrected chi connectivity index (χ0v) is 14.7. The normalized spacial score (nSPS) is 11.4. The van der Waals surface area contributed by atoms with Crippen LogP contribution in [-0.2, 0) is 9.53 Å². The van der Waals surface area contributed by atoms with Crippen molar-refractivity contribution >= 4 is 22.8 Å². The third-order valence-electron chi connectivity index (χ3n) is 3.75. The summed E-state index contributed by atoms with van der Waals surface area (Å²) in [4.78, 5) is 28.4. The first kappa shape index (κ1) is 19.4. The smallest absolute Gasteiger partial charge is 0.405 e. The number of hydrogen-bond donors (Lipinski definition) is 1. The molecule has 1 N–H and O–H groups in total. The lowest BCUT2D eigenvalue weighted by molar-refractivity contribution is -0.140. The monoisotopic (exact) mass is 392 g/mol. The minimum Gasteiger partial charge on any atom is -0.460 e. The lowest BCUT2D eigenvalue weighted by atomic mass is 10.1. The highest BCUT2D eigenvalue weighted by atomic mass is 19.4. The first-order chi connectivity index (χ1) is 13.2. The Labute approximate surface area is 157 Å². The Morgan fingerprint density at radius 3 is 2.61 bits per heavy atom. The van der Waals surface area contributed by atoms with E-state index in [1.165, 1.54) is 6.07 Å². The number of pyridine rings is 1. The third-order valence-corrected chi connectivity index (χ3v) is 3.75. The van der Waals surface area contributed by atoms with Crippen LogP contribution in [0, 0.1) is 6.92 Å². The second kappa shape index (κ2) is 7.71. The molecule has 0 fully saturated rings. The summed E-state index contributed by atoms with van der Waals surface area (Å²) in [6.07, 6.45) is -4.54. The van der Waals surface area contributed by atoms with E-state index in [0.29, 0.717) is 28.1 Å². The number of hydrogen-bond acceptors (Lipinski definition) is 5. The van der Waals surface area contributed by atoms with Gasteiger partial charge in [-0.2, -0.15) is 13.2 Å². The fourth-order valence-corrected chi connectivity index (χ4v) is 2.50. The van der Waals surface area contributed by atoms with Crippen molar-refractivity contribution in [1.29, 1.82) is 0 Å². The Morgan fingerprint density at radius 2 is 1.93 bits per heavy atom. The highest BCUT2D eigenvalue weighted by Gasteiger charge is 2.28. The van der Waals surface area contributed by atoms with E-state index < -0.39 is 31.2 Å². The van der Waals surface area contributed by atoms with Crippen molar-refractivity contribution in [2.45, 2.75) is 13.1 Å². The van der Waals surface area contributed by atoms with E-state index in [-0.39, 0.29) is 5.56 Å². The quantitative estimate of drug-likeness (QED) is 0.671. The molecular formula is C19H15F3N2O4. The van der Waals surface area contributed by atoms with Gasteiger partial charge in [0, 0.05) is 5.39 Å². The summed E-state index contributed by atoms with van der Waals surface area (Å²) in [6, 6.07) is 11.7. The van der Waals surface area contributed by atoms with Crippen molar-refractivity contribution < 1.29 is 31.9 Å². The Hall–Kier alpha value is -3.36. The van der Waals surface area contributed by atoms with Crippen LogP contribution in [-0.4, -0.2) is 36.2 Å². The molecule has 3 rings (SSSR count). The van der Waals surface area contributed by atoms with E-state index in [0.717, 1.165) is 0 Å². The van der Waals surface area contributed by atoms with E-state index in [4.69, 9.17) is 9.15 Å². The number of carbonyl (C=O) groups excluding carboxylic acids is 2. The maximum Gasteiger partial charge on any atom is 0.405 e. The van der Waals surface area contributed by atoms with Crippen LogP contribution in [0.15, 0.2) is 46.9 Å². The maximum absolute atomic E-state index is 12.5. The number of aryl methyl sites for hydroxylation is 1. The number of nitrogens with zero attached hydrogens (tertiary/aromatic N) is 1. The van der Waals surface area contributed by atoms with Crippen molar-refractivity contribution in [2.24, 2.45) is 0 Å². The summed E-state index contributed by atoms with van der Waals surface area (Å²) >= 11 is 0. The number of esters is 1. The summed E-state index contributed by atoms with van der Waals surface area (Å²) in [5.41, 5.74) is 1.01. The molecule has 1 amide bonds. The predicted octanol–water partition coefficient (Wildman–Crippen LogP) is 3.64. The minimum absolute atomic E-state index is 0.123. The van der Waals surface area contributed by atoms with Crippen LogP contribution < -0.4 is 5.32 Å². The van der Waals surface area contributed by atoms with Crippen LogP contribution in [0.1, 0.15) is 16.1 Å². The average molecular weight is 392 g/mol. The molecule has 2 aromatic heterocycles. The number of amides is 1. The van der Waals surface area contributed by atoms with Gasteiger partial charge in [0.05, 0.1) is 11.1 Å². The standard InChI is InChI=1S/C19H15F3N2O4/c1-11-6-7-16(28-11)15-8-13(12-4-2-3-5-14(12)24-15)18(26)27-9-17(25)23-10-19(20,21)22/h2-8H,9-10H2,1H3,(H,23,25). The SMILES string of the molecule is Cc1ccc(-c2cc(C(=O)OCC(=O)NCC(F)(F)F)c3ccccc3n2)o1. The summed E-state index contributed by atoms with van der Waals surface area (Å²) < 4.78 is 46.8. The molecule has 0 saturated carbocycles. The molecule has 146 valence electrons. The number of alkyl halides is 3. The van der Waals surface area contributed by atoms with Gasteiger partial charge in [-0.15, -0.1) is 0 Å². The largest absolute Gasteiger partial charge is 0.460 e. The van der Waals surface area contributed by atoms with Gasteiger partial charge in [-0.25, -0.2) is 9.78 Å². The van der Waals surface area contributed by atoms with Gasteiger partial charge in [-0.1, -0.05) is 18.2 Å². The molecule has 9 heteroatoms. The molecule has 0 spiro atoms. The molecular weight excluding hydrogens is 377 g/mol. The van der Waals surface area contributed by atoms with Crippen LogP contribution in [0.3, 0.4) is 0 Å². The fourth-order valence-electron chi connectivity index (χ4n) is 2.50. The zero-order valence-electron chi connectivity index (χ0n) is 14.7. The second-order valence-electron chi connectivity index (χ2n) is 5.95. The molecule has 2 heterocycles. The zero-order chi connectivity index (χ0) is 20.3. The predicted molar refractivity (Wildman–Crippen MR) is 93.5 cm³/mol. The van der Waals surface area contributed by atoms with Crippen LogP contribution in [0.5, 0.6) is 0 Å². The average Bonchev–Trinajstić information content (AvgIpc) is 3.09. The number of aromatic nitrogens is 1. The molecule has 0 unspecified atom stereocenters. The van der Waals surface area contributed by atoms with Crippen molar-refractivity contribution in [2.75, 3.05) is 13.2 Å². The van der Waals surface area contributed by atoms with Gasteiger partial charge >= 0.3 is 12.1 Å². The van der Waals surface area contributed by atoms with E-state index in [9.17, 15) is 22.8 Å². The third kappa shape index (κ3) is 4.67. The first-order valence-electron chi connectivity index (χ1n) is 8.20. The number of para-hydroxylation sites is 1. The summed E-state index contributed by atoms with van der Waals surface area (Å²) in [5, 5.41) is 2.12. The molecule has 28 heavy (non-hydrogen) atoms. The molecule has 1 aromatic carbocycles. The van der Waals surface area contributed by atoms with E-state index in [1.807, 2.05) is 0 Å². The molecule has 0 radical (unpaired) electrons. The molecule has 6 nitrogen and oxygen atoms in total. The number of ether oxygens (including phenoxy) is 1. The van der Waals surface area contributed by atoms with E-state index in [1.54, 1.807) is 48.6 Å². The van der Waals surface area contributed by atoms with Gasteiger partial charge in [-0.05, 0) is 31.2 Å². The van der Waals surface area contributed by atoms with Gasteiger partial charge in [0.15, 0.2) is 12.4 Å². The van der Waals surface area contributed by atoms with Gasteiger partial charge in [0.2, 0.25) is 0 Å². The van der Waals surface area contributed by atoms with Gasteiger partial charge in [0.25, 0.3) is 5.91 Å². The number of halogens is 3. The highest BCUT2D eigenvalue weighted by Crippen LogP contribution is 2.26. The van der Waals surface area contributed by atoms with Crippen LogP contribution in [0.2, 0.25) is 0 Å². The topological polar surface area (TPSA) is 81.4 Å². The van der Waals surface area contributed by atoms with Crippen molar-refractivity contribution in [3.63, 3.8) is 0 Å². The van der Waals surface area contributed by atoms with Crippen LogP contribution in [0.25, 0.3) is 22.4 Å².